The highest BCUT2D eigenvalue weighted by atomic mass is 32.2. The second-order valence-corrected chi connectivity index (χ2v) is 4.27. The monoisotopic (exact) mass is 272 g/mol. The summed E-state index contributed by atoms with van der Waals surface area (Å²) in [7, 11) is 0. The summed E-state index contributed by atoms with van der Waals surface area (Å²) in [6.45, 7) is 0.448. The Morgan fingerprint density at radius 2 is 2.06 bits per heavy atom. The molecule has 1 unspecified atom stereocenters. The Morgan fingerprint density at radius 1 is 1.33 bits per heavy atom. The van der Waals surface area contributed by atoms with Crippen LogP contribution in [0.5, 0.6) is 0 Å². The van der Waals surface area contributed by atoms with Crippen LogP contribution in [0.15, 0.2) is 30.3 Å². The van der Waals surface area contributed by atoms with E-state index < -0.39 is 12.1 Å². The standard InChI is InChI=1S/C12H16O5S/c13-6-11(17-18-9-12(14)15)8-16-7-10-4-2-1-3-5-10/h1-5,11,13H,6-9H2,(H,14,15). The van der Waals surface area contributed by atoms with Crippen molar-refractivity contribution in [3.8, 4) is 0 Å². The number of carboxylic acids is 1. The lowest BCUT2D eigenvalue weighted by Crippen LogP contribution is -2.22. The highest BCUT2D eigenvalue weighted by molar-refractivity contribution is 7.95. The van der Waals surface area contributed by atoms with Crippen LogP contribution < -0.4 is 0 Å². The first kappa shape index (κ1) is 15.0. The predicted molar refractivity (Wildman–Crippen MR) is 68.2 cm³/mol. The van der Waals surface area contributed by atoms with E-state index in [1.165, 1.54) is 0 Å². The molecule has 1 rings (SSSR count). The van der Waals surface area contributed by atoms with Gasteiger partial charge in [0.05, 0.1) is 19.8 Å². The van der Waals surface area contributed by atoms with Gasteiger partial charge in [0.2, 0.25) is 0 Å². The quantitative estimate of drug-likeness (QED) is 0.660. The number of ether oxygens (including phenoxy) is 1. The van der Waals surface area contributed by atoms with E-state index in [4.69, 9.17) is 19.1 Å². The van der Waals surface area contributed by atoms with Gasteiger partial charge in [-0.1, -0.05) is 30.3 Å². The molecule has 0 radical (unpaired) electrons. The van der Waals surface area contributed by atoms with Crippen LogP contribution in [0.1, 0.15) is 5.56 Å². The van der Waals surface area contributed by atoms with Gasteiger partial charge in [-0.2, -0.15) is 0 Å². The van der Waals surface area contributed by atoms with E-state index in [1.54, 1.807) is 0 Å². The normalized spacial score (nSPS) is 12.3. The molecule has 0 amide bonds. The molecule has 18 heavy (non-hydrogen) atoms. The summed E-state index contributed by atoms with van der Waals surface area (Å²) in [5, 5.41) is 17.5. The van der Waals surface area contributed by atoms with Crippen molar-refractivity contribution in [1.82, 2.24) is 0 Å². The summed E-state index contributed by atoms with van der Waals surface area (Å²) in [4.78, 5) is 10.3. The molecule has 0 spiro atoms. The van der Waals surface area contributed by atoms with Gasteiger partial charge in [-0.25, -0.2) is 0 Å². The third kappa shape index (κ3) is 6.61. The second kappa shape index (κ2) is 8.93. The molecule has 0 aliphatic carbocycles. The van der Waals surface area contributed by atoms with Crippen molar-refractivity contribution >= 4 is 18.0 Å². The molecule has 1 aromatic rings. The van der Waals surface area contributed by atoms with Gasteiger partial charge in [-0.05, 0) is 5.56 Å². The van der Waals surface area contributed by atoms with Gasteiger partial charge in [-0.15, -0.1) is 0 Å². The highest BCUT2D eigenvalue weighted by Gasteiger charge is 2.10. The molecule has 100 valence electrons. The number of benzene rings is 1. The van der Waals surface area contributed by atoms with Crippen molar-refractivity contribution < 1.29 is 23.9 Å². The van der Waals surface area contributed by atoms with Crippen molar-refractivity contribution in [2.24, 2.45) is 0 Å². The minimum absolute atomic E-state index is 0.158. The van der Waals surface area contributed by atoms with Crippen LogP contribution in [0.4, 0.5) is 0 Å². The van der Waals surface area contributed by atoms with Crippen LogP contribution in [0.3, 0.4) is 0 Å². The van der Waals surface area contributed by atoms with Gasteiger partial charge in [0.15, 0.2) is 0 Å². The molecule has 0 aliphatic rings. The molecule has 2 N–H and O–H groups in total. The lowest BCUT2D eigenvalue weighted by atomic mass is 10.2. The molecule has 1 atom stereocenters. The maximum Gasteiger partial charge on any atom is 0.315 e. The third-order valence-corrected chi connectivity index (χ3v) is 2.78. The Bertz CT molecular complexity index is 344. The molecular formula is C12H16O5S. The molecule has 6 heteroatoms. The Morgan fingerprint density at radius 3 is 2.67 bits per heavy atom. The lowest BCUT2D eigenvalue weighted by molar-refractivity contribution is -0.134. The average molecular weight is 272 g/mol. The Hall–Kier alpha value is -1.08. The molecule has 1 aromatic carbocycles. The van der Waals surface area contributed by atoms with Gasteiger partial charge < -0.3 is 19.1 Å². The fraction of sp³-hybridized carbons (Fsp3) is 0.417. The van der Waals surface area contributed by atoms with E-state index >= 15 is 0 Å². The molecule has 0 saturated heterocycles. The highest BCUT2D eigenvalue weighted by Crippen LogP contribution is 2.08. The van der Waals surface area contributed by atoms with E-state index in [0.717, 1.165) is 17.6 Å². The molecule has 0 heterocycles. The zero-order chi connectivity index (χ0) is 13.2. The number of aliphatic hydroxyl groups is 1. The van der Waals surface area contributed by atoms with Gasteiger partial charge in [0.1, 0.15) is 11.9 Å². The lowest BCUT2D eigenvalue weighted by Gasteiger charge is -2.13. The molecule has 0 aromatic heterocycles. The van der Waals surface area contributed by atoms with Crippen molar-refractivity contribution in [2.45, 2.75) is 12.7 Å². The Kier molecular flexibility index (Phi) is 7.43. The zero-order valence-corrected chi connectivity index (χ0v) is 10.6. The molecule has 0 bridgehead atoms. The molecule has 0 aliphatic heterocycles. The van der Waals surface area contributed by atoms with E-state index in [2.05, 4.69) is 0 Å². The van der Waals surface area contributed by atoms with Crippen molar-refractivity contribution in [3.63, 3.8) is 0 Å². The zero-order valence-electron chi connectivity index (χ0n) is 9.82. The van der Waals surface area contributed by atoms with Gasteiger partial charge in [0, 0.05) is 12.0 Å². The molecule has 0 fully saturated rings. The Labute approximate surface area is 110 Å². The smallest absolute Gasteiger partial charge is 0.315 e. The third-order valence-electron chi connectivity index (χ3n) is 2.01. The van der Waals surface area contributed by atoms with Crippen molar-refractivity contribution in [1.29, 1.82) is 0 Å². The number of carbonyl (C=O) groups is 1. The Balaban J connectivity index is 2.17. The van der Waals surface area contributed by atoms with Crippen LogP contribution in [0.2, 0.25) is 0 Å². The maximum absolute atomic E-state index is 10.3. The average Bonchev–Trinajstić information content (AvgIpc) is 2.38. The van der Waals surface area contributed by atoms with Crippen molar-refractivity contribution in [2.75, 3.05) is 19.0 Å². The number of rotatable bonds is 9. The van der Waals surface area contributed by atoms with Crippen LogP contribution >= 0.6 is 12.0 Å². The van der Waals surface area contributed by atoms with Gasteiger partial charge in [0.25, 0.3) is 0 Å². The van der Waals surface area contributed by atoms with Crippen LogP contribution in [0.25, 0.3) is 0 Å². The van der Waals surface area contributed by atoms with Gasteiger partial charge >= 0.3 is 5.97 Å². The molecule has 0 saturated carbocycles. The molecule has 5 nitrogen and oxygen atoms in total. The largest absolute Gasteiger partial charge is 0.481 e. The number of aliphatic hydroxyl groups excluding tert-OH is 1. The number of hydrogen-bond acceptors (Lipinski definition) is 5. The minimum Gasteiger partial charge on any atom is -0.481 e. The first-order valence-corrected chi connectivity index (χ1v) is 6.36. The van der Waals surface area contributed by atoms with E-state index in [1.807, 2.05) is 30.3 Å². The topological polar surface area (TPSA) is 76.0 Å². The summed E-state index contributed by atoms with van der Waals surface area (Å²) < 4.78 is 10.5. The van der Waals surface area contributed by atoms with Crippen LogP contribution in [0, 0.1) is 0 Å². The fourth-order valence-electron chi connectivity index (χ4n) is 1.17. The first-order chi connectivity index (χ1) is 8.72. The van der Waals surface area contributed by atoms with Gasteiger partial charge in [-0.3, -0.25) is 4.79 Å². The van der Waals surface area contributed by atoms with Crippen LogP contribution in [-0.2, 0) is 20.3 Å². The number of carboxylic acid groups (broad SMARTS) is 1. The molecular weight excluding hydrogens is 256 g/mol. The predicted octanol–water partition coefficient (Wildman–Crippen LogP) is 1.31. The summed E-state index contributed by atoms with van der Waals surface area (Å²) in [6, 6.07) is 9.64. The summed E-state index contributed by atoms with van der Waals surface area (Å²) in [5.41, 5.74) is 1.03. The van der Waals surface area contributed by atoms with E-state index in [-0.39, 0.29) is 19.0 Å². The fourth-order valence-corrected chi connectivity index (χ4v) is 1.65. The summed E-state index contributed by atoms with van der Waals surface area (Å²) in [6.07, 6.45) is -0.516. The van der Waals surface area contributed by atoms with E-state index in [9.17, 15) is 4.79 Å². The second-order valence-electron chi connectivity index (χ2n) is 3.56. The number of aliphatic carboxylic acids is 1. The van der Waals surface area contributed by atoms with Crippen molar-refractivity contribution in [3.05, 3.63) is 35.9 Å². The van der Waals surface area contributed by atoms with E-state index in [0.29, 0.717) is 6.61 Å². The first-order valence-electron chi connectivity index (χ1n) is 5.45. The minimum atomic E-state index is -0.957. The summed E-state index contributed by atoms with van der Waals surface area (Å²) >= 11 is 0.801. The maximum atomic E-state index is 10.3. The SMILES string of the molecule is O=C(O)CSOC(CO)COCc1ccccc1. The van der Waals surface area contributed by atoms with Crippen LogP contribution in [-0.4, -0.2) is 41.3 Å². The summed E-state index contributed by atoms with van der Waals surface area (Å²) in [5.74, 6) is -1.11. The number of hydrogen-bond donors (Lipinski definition) is 2.